The lowest BCUT2D eigenvalue weighted by Gasteiger charge is -2.14. The standard InChI is InChI=1S/C27H27ClN4O5/c1-17-9-10-22(18(2)11-17)31-24(33)16-37-25-21(28)12-20(13-23(25)36-3)15-30-32-27(35)26(34)29-14-19-7-5-4-6-8-19/h4-13,15H,14,16H2,1-3H3,(H,29,34)(H,31,33)(H,32,35)/b30-15-. The van der Waals surface area contributed by atoms with Gasteiger partial charge < -0.3 is 20.1 Å². The first-order valence-corrected chi connectivity index (χ1v) is 11.7. The number of methoxy groups -OCH3 is 1. The van der Waals surface area contributed by atoms with Gasteiger partial charge >= 0.3 is 11.8 Å². The smallest absolute Gasteiger partial charge is 0.329 e. The third kappa shape index (κ3) is 8.08. The minimum Gasteiger partial charge on any atom is -0.493 e. The van der Waals surface area contributed by atoms with E-state index >= 15 is 0 Å². The molecule has 3 aromatic rings. The van der Waals surface area contributed by atoms with E-state index in [9.17, 15) is 14.4 Å². The Bertz CT molecular complexity index is 1310. The molecule has 0 bridgehead atoms. The number of anilines is 1. The Morgan fingerprint density at radius 2 is 1.76 bits per heavy atom. The Kier molecular flexibility index (Phi) is 9.62. The van der Waals surface area contributed by atoms with Gasteiger partial charge in [-0.15, -0.1) is 0 Å². The van der Waals surface area contributed by atoms with Gasteiger partial charge in [0, 0.05) is 12.2 Å². The van der Waals surface area contributed by atoms with Crippen LogP contribution in [0.3, 0.4) is 0 Å². The maximum Gasteiger partial charge on any atom is 0.329 e. The summed E-state index contributed by atoms with van der Waals surface area (Å²) in [5.41, 5.74) is 6.22. The molecule has 0 aromatic heterocycles. The van der Waals surface area contributed by atoms with Crippen LogP contribution in [-0.4, -0.2) is 37.7 Å². The fourth-order valence-electron chi connectivity index (χ4n) is 3.31. The van der Waals surface area contributed by atoms with E-state index in [-0.39, 0.29) is 35.6 Å². The van der Waals surface area contributed by atoms with Crippen molar-refractivity contribution in [2.75, 3.05) is 19.0 Å². The van der Waals surface area contributed by atoms with E-state index < -0.39 is 11.8 Å². The predicted octanol–water partition coefficient (Wildman–Crippen LogP) is 3.75. The summed E-state index contributed by atoms with van der Waals surface area (Å²) in [7, 11) is 1.42. The van der Waals surface area contributed by atoms with Crippen molar-refractivity contribution in [1.82, 2.24) is 10.7 Å². The van der Waals surface area contributed by atoms with Gasteiger partial charge in [-0.25, -0.2) is 5.43 Å². The molecule has 3 rings (SSSR count). The SMILES string of the molecule is COc1cc(/C=N\NC(=O)C(=O)NCc2ccccc2)cc(Cl)c1OCC(=O)Nc1ccc(C)cc1C. The molecule has 3 N–H and O–H groups in total. The van der Waals surface area contributed by atoms with Crippen LogP contribution in [0.2, 0.25) is 5.02 Å². The van der Waals surface area contributed by atoms with Gasteiger partial charge in [-0.3, -0.25) is 14.4 Å². The van der Waals surface area contributed by atoms with Crippen molar-refractivity contribution in [3.8, 4) is 11.5 Å². The molecule has 0 saturated heterocycles. The van der Waals surface area contributed by atoms with E-state index in [1.807, 2.05) is 62.4 Å². The molecule has 3 amide bonds. The van der Waals surface area contributed by atoms with Crippen LogP contribution in [0, 0.1) is 13.8 Å². The van der Waals surface area contributed by atoms with E-state index in [1.165, 1.54) is 19.4 Å². The van der Waals surface area contributed by atoms with E-state index in [1.54, 1.807) is 6.07 Å². The first kappa shape index (κ1) is 27.2. The maximum absolute atomic E-state index is 12.4. The van der Waals surface area contributed by atoms with E-state index in [0.29, 0.717) is 11.3 Å². The normalized spacial score (nSPS) is 10.6. The Balaban J connectivity index is 1.55. The molecule has 0 atom stereocenters. The molecule has 0 heterocycles. The van der Waals surface area contributed by atoms with Gasteiger partial charge in [-0.2, -0.15) is 5.10 Å². The summed E-state index contributed by atoms with van der Waals surface area (Å²) in [4.78, 5) is 36.3. The molecular formula is C27H27ClN4O5. The van der Waals surface area contributed by atoms with Crippen LogP contribution < -0.4 is 25.5 Å². The number of nitrogens with one attached hydrogen (secondary N) is 3. The van der Waals surface area contributed by atoms with Gasteiger partial charge in [-0.05, 0) is 48.7 Å². The highest BCUT2D eigenvalue weighted by Gasteiger charge is 2.15. The van der Waals surface area contributed by atoms with E-state index in [2.05, 4.69) is 21.2 Å². The number of ether oxygens (including phenoxy) is 2. The molecule has 192 valence electrons. The summed E-state index contributed by atoms with van der Waals surface area (Å²) in [5.74, 6) is -1.65. The zero-order valence-electron chi connectivity index (χ0n) is 20.6. The number of amides is 3. The second kappa shape index (κ2) is 13.1. The molecule has 0 aliphatic carbocycles. The second-order valence-corrected chi connectivity index (χ2v) is 8.46. The summed E-state index contributed by atoms with van der Waals surface area (Å²) >= 11 is 6.34. The first-order valence-electron chi connectivity index (χ1n) is 11.3. The molecule has 0 spiro atoms. The number of aryl methyl sites for hydroxylation is 2. The zero-order chi connectivity index (χ0) is 26.8. The van der Waals surface area contributed by atoms with Gasteiger partial charge in [0.05, 0.1) is 18.3 Å². The number of carbonyl (C=O) groups excluding carboxylic acids is 3. The molecule has 0 aliphatic rings. The lowest BCUT2D eigenvalue weighted by molar-refractivity contribution is -0.139. The summed E-state index contributed by atoms with van der Waals surface area (Å²) in [5, 5.41) is 9.28. The summed E-state index contributed by atoms with van der Waals surface area (Å²) in [6.45, 7) is 3.81. The average Bonchev–Trinajstić information content (AvgIpc) is 2.88. The van der Waals surface area contributed by atoms with Crippen LogP contribution in [0.25, 0.3) is 0 Å². The molecule has 0 unspecified atom stereocenters. The van der Waals surface area contributed by atoms with Crippen molar-refractivity contribution < 1.29 is 23.9 Å². The summed E-state index contributed by atoms with van der Waals surface area (Å²) < 4.78 is 10.9. The monoisotopic (exact) mass is 522 g/mol. The van der Waals surface area contributed by atoms with Gasteiger partial charge in [0.1, 0.15) is 0 Å². The molecule has 0 saturated carbocycles. The average molecular weight is 523 g/mol. The van der Waals surface area contributed by atoms with Crippen LogP contribution in [0.5, 0.6) is 11.5 Å². The number of nitrogens with zero attached hydrogens (tertiary/aromatic N) is 1. The number of carbonyl (C=O) groups is 3. The van der Waals surface area contributed by atoms with Crippen LogP contribution in [0.15, 0.2) is 65.8 Å². The van der Waals surface area contributed by atoms with Gasteiger partial charge in [0.2, 0.25) is 0 Å². The molecule has 3 aromatic carbocycles. The Morgan fingerprint density at radius 1 is 1.00 bits per heavy atom. The molecule has 0 radical (unpaired) electrons. The predicted molar refractivity (Wildman–Crippen MR) is 142 cm³/mol. The first-order chi connectivity index (χ1) is 17.8. The van der Waals surface area contributed by atoms with Crippen LogP contribution in [0.4, 0.5) is 5.69 Å². The zero-order valence-corrected chi connectivity index (χ0v) is 21.4. The van der Waals surface area contributed by atoms with Crippen molar-refractivity contribution >= 4 is 41.2 Å². The van der Waals surface area contributed by atoms with Crippen LogP contribution >= 0.6 is 11.6 Å². The quantitative estimate of drug-likeness (QED) is 0.225. The molecule has 10 heteroatoms. The number of benzene rings is 3. The lowest BCUT2D eigenvalue weighted by atomic mass is 10.1. The largest absolute Gasteiger partial charge is 0.493 e. The van der Waals surface area contributed by atoms with E-state index in [4.69, 9.17) is 21.1 Å². The molecule has 0 fully saturated rings. The third-order valence-electron chi connectivity index (χ3n) is 5.14. The highest BCUT2D eigenvalue weighted by Crippen LogP contribution is 2.36. The number of halogens is 1. The third-order valence-corrected chi connectivity index (χ3v) is 5.42. The second-order valence-electron chi connectivity index (χ2n) is 8.06. The minimum absolute atomic E-state index is 0.173. The van der Waals surface area contributed by atoms with Crippen molar-refractivity contribution in [2.24, 2.45) is 5.10 Å². The number of hydrogen-bond donors (Lipinski definition) is 3. The number of hydrazone groups is 1. The topological polar surface area (TPSA) is 118 Å². The fourth-order valence-corrected chi connectivity index (χ4v) is 3.58. The Hall–Kier alpha value is -4.37. The van der Waals surface area contributed by atoms with Gasteiger partial charge in [-0.1, -0.05) is 59.6 Å². The van der Waals surface area contributed by atoms with Crippen LogP contribution in [-0.2, 0) is 20.9 Å². The van der Waals surface area contributed by atoms with E-state index in [0.717, 1.165) is 16.7 Å². The van der Waals surface area contributed by atoms with Crippen molar-refractivity contribution in [3.63, 3.8) is 0 Å². The van der Waals surface area contributed by atoms with Crippen molar-refractivity contribution in [1.29, 1.82) is 0 Å². The van der Waals surface area contributed by atoms with Crippen molar-refractivity contribution in [2.45, 2.75) is 20.4 Å². The lowest BCUT2D eigenvalue weighted by Crippen LogP contribution is -2.37. The maximum atomic E-state index is 12.4. The summed E-state index contributed by atoms with van der Waals surface area (Å²) in [6, 6.07) is 18.0. The summed E-state index contributed by atoms with van der Waals surface area (Å²) in [6.07, 6.45) is 1.30. The molecular weight excluding hydrogens is 496 g/mol. The Morgan fingerprint density at radius 3 is 2.46 bits per heavy atom. The highest BCUT2D eigenvalue weighted by atomic mass is 35.5. The fraction of sp³-hybridized carbons (Fsp3) is 0.185. The molecule has 37 heavy (non-hydrogen) atoms. The highest BCUT2D eigenvalue weighted by molar-refractivity contribution is 6.35. The minimum atomic E-state index is -0.917. The molecule has 0 aliphatic heterocycles. The van der Waals surface area contributed by atoms with Gasteiger partial charge in [0.25, 0.3) is 5.91 Å². The number of hydrogen-bond acceptors (Lipinski definition) is 6. The number of rotatable bonds is 9. The van der Waals surface area contributed by atoms with Crippen LogP contribution in [0.1, 0.15) is 22.3 Å². The van der Waals surface area contributed by atoms with Crippen molar-refractivity contribution in [3.05, 3.63) is 87.9 Å². The Labute approximate surface area is 219 Å². The molecule has 9 nitrogen and oxygen atoms in total. The van der Waals surface area contributed by atoms with Gasteiger partial charge in [0.15, 0.2) is 18.1 Å².